The molecule has 106 valence electrons. The zero-order chi connectivity index (χ0) is 14.8. The molecule has 2 unspecified atom stereocenters. The number of carbonyl (C=O) groups is 2. The van der Waals surface area contributed by atoms with Crippen LogP contribution in [0.15, 0.2) is 42.7 Å². The van der Waals surface area contributed by atoms with E-state index in [2.05, 4.69) is 15.3 Å². The van der Waals surface area contributed by atoms with Crippen molar-refractivity contribution in [1.29, 1.82) is 0 Å². The molecule has 1 saturated carbocycles. The normalized spacial score (nSPS) is 19.8. The topological polar surface area (TPSA) is 92.2 Å². The number of aliphatic carboxylic acids is 1. The number of carbonyl (C=O) groups excluding carboxylic acids is 1. The summed E-state index contributed by atoms with van der Waals surface area (Å²) >= 11 is 0. The summed E-state index contributed by atoms with van der Waals surface area (Å²) in [7, 11) is 0. The van der Waals surface area contributed by atoms with Gasteiger partial charge in [0.15, 0.2) is 5.82 Å². The molecule has 0 aliphatic heterocycles. The van der Waals surface area contributed by atoms with Crippen molar-refractivity contribution in [2.45, 2.75) is 6.42 Å². The van der Waals surface area contributed by atoms with Crippen LogP contribution in [-0.2, 0) is 9.59 Å². The largest absolute Gasteiger partial charge is 0.481 e. The highest BCUT2D eigenvalue weighted by atomic mass is 16.4. The Labute approximate surface area is 120 Å². The second-order valence-corrected chi connectivity index (χ2v) is 4.94. The predicted molar refractivity (Wildman–Crippen MR) is 75.3 cm³/mol. The minimum Gasteiger partial charge on any atom is -0.481 e. The highest BCUT2D eigenvalue weighted by Gasteiger charge is 2.48. The van der Waals surface area contributed by atoms with E-state index >= 15 is 0 Å². The van der Waals surface area contributed by atoms with E-state index in [1.165, 1.54) is 12.4 Å². The van der Waals surface area contributed by atoms with Gasteiger partial charge < -0.3 is 10.4 Å². The molecule has 0 saturated heterocycles. The molecule has 1 heterocycles. The zero-order valence-electron chi connectivity index (χ0n) is 11.1. The fourth-order valence-corrected chi connectivity index (χ4v) is 2.12. The summed E-state index contributed by atoms with van der Waals surface area (Å²) in [4.78, 5) is 30.9. The lowest BCUT2D eigenvalue weighted by Gasteiger charge is -2.05. The number of benzene rings is 1. The van der Waals surface area contributed by atoms with Crippen molar-refractivity contribution in [1.82, 2.24) is 9.97 Å². The van der Waals surface area contributed by atoms with Crippen molar-refractivity contribution in [3.63, 3.8) is 0 Å². The summed E-state index contributed by atoms with van der Waals surface area (Å²) in [6.45, 7) is 0. The Morgan fingerprint density at radius 1 is 1.10 bits per heavy atom. The van der Waals surface area contributed by atoms with Crippen LogP contribution in [0.1, 0.15) is 6.42 Å². The first kappa shape index (κ1) is 13.2. The van der Waals surface area contributed by atoms with Crippen LogP contribution in [0.25, 0.3) is 11.4 Å². The molecular formula is C15H13N3O3. The lowest BCUT2D eigenvalue weighted by molar-refractivity contribution is -0.139. The van der Waals surface area contributed by atoms with Crippen LogP contribution in [0.3, 0.4) is 0 Å². The van der Waals surface area contributed by atoms with Gasteiger partial charge in [-0.25, -0.2) is 9.97 Å². The van der Waals surface area contributed by atoms with E-state index < -0.39 is 17.8 Å². The van der Waals surface area contributed by atoms with E-state index in [1.54, 1.807) is 0 Å². The summed E-state index contributed by atoms with van der Waals surface area (Å²) in [5.74, 6) is -1.65. The SMILES string of the molecule is O=C(O)C1CC1C(=O)Nc1cnc(-c2ccccc2)nc1. The molecule has 2 N–H and O–H groups in total. The Morgan fingerprint density at radius 2 is 1.76 bits per heavy atom. The Hall–Kier alpha value is -2.76. The smallest absolute Gasteiger partial charge is 0.307 e. The van der Waals surface area contributed by atoms with E-state index in [1.807, 2.05) is 30.3 Å². The highest BCUT2D eigenvalue weighted by Crippen LogP contribution is 2.39. The minimum absolute atomic E-state index is 0.293. The lowest BCUT2D eigenvalue weighted by atomic mass is 10.2. The number of nitrogens with zero attached hydrogens (tertiary/aromatic N) is 2. The van der Waals surface area contributed by atoms with Gasteiger partial charge in [0.25, 0.3) is 0 Å². The van der Waals surface area contributed by atoms with Gasteiger partial charge in [0.1, 0.15) is 0 Å². The molecule has 6 heteroatoms. The second-order valence-electron chi connectivity index (χ2n) is 4.94. The van der Waals surface area contributed by atoms with E-state index in [4.69, 9.17) is 5.11 Å². The molecule has 1 amide bonds. The molecule has 0 spiro atoms. The molecule has 1 aromatic heterocycles. The van der Waals surface area contributed by atoms with Gasteiger partial charge in [-0.15, -0.1) is 0 Å². The number of rotatable bonds is 4. The first-order valence-corrected chi connectivity index (χ1v) is 6.56. The molecular weight excluding hydrogens is 270 g/mol. The Kier molecular flexibility index (Phi) is 3.35. The van der Waals surface area contributed by atoms with Crippen LogP contribution in [0, 0.1) is 11.8 Å². The van der Waals surface area contributed by atoms with E-state index in [0.29, 0.717) is 17.9 Å². The van der Waals surface area contributed by atoms with E-state index in [0.717, 1.165) is 5.56 Å². The van der Waals surface area contributed by atoms with Crippen molar-refractivity contribution < 1.29 is 14.7 Å². The van der Waals surface area contributed by atoms with Gasteiger partial charge in [-0.1, -0.05) is 30.3 Å². The Balaban J connectivity index is 1.65. The van der Waals surface area contributed by atoms with Crippen LogP contribution < -0.4 is 5.32 Å². The molecule has 1 aliphatic carbocycles. The molecule has 6 nitrogen and oxygen atoms in total. The molecule has 1 aromatic carbocycles. The maximum Gasteiger partial charge on any atom is 0.307 e. The monoisotopic (exact) mass is 283 g/mol. The van der Waals surface area contributed by atoms with Gasteiger partial charge in [-0.2, -0.15) is 0 Å². The first-order valence-electron chi connectivity index (χ1n) is 6.56. The van der Waals surface area contributed by atoms with Crippen molar-refractivity contribution >= 4 is 17.6 Å². The summed E-state index contributed by atoms with van der Waals surface area (Å²) in [5, 5.41) is 11.4. The predicted octanol–water partition coefficient (Wildman–Crippen LogP) is 1.80. The number of hydrogen-bond donors (Lipinski definition) is 2. The highest BCUT2D eigenvalue weighted by molar-refractivity contribution is 5.98. The molecule has 1 aliphatic rings. The fourth-order valence-electron chi connectivity index (χ4n) is 2.12. The van der Waals surface area contributed by atoms with E-state index in [-0.39, 0.29) is 5.91 Å². The Morgan fingerprint density at radius 3 is 2.33 bits per heavy atom. The van der Waals surface area contributed by atoms with Gasteiger partial charge in [-0.3, -0.25) is 9.59 Å². The molecule has 2 aromatic rings. The van der Waals surface area contributed by atoms with Crippen molar-refractivity contribution in [3.8, 4) is 11.4 Å². The first-order chi connectivity index (χ1) is 10.1. The van der Waals surface area contributed by atoms with Crippen molar-refractivity contribution in [2.75, 3.05) is 5.32 Å². The van der Waals surface area contributed by atoms with Crippen LogP contribution in [0.5, 0.6) is 0 Å². The number of anilines is 1. The van der Waals surface area contributed by atoms with Gasteiger partial charge >= 0.3 is 5.97 Å². The maximum absolute atomic E-state index is 11.8. The fraction of sp³-hybridized carbons (Fsp3) is 0.200. The third-order valence-corrected chi connectivity index (χ3v) is 3.40. The average molecular weight is 283 g/mol. The number of amides is 1. The maximum atomic E-state index is 11.8. The molecule has 1 fully saturated rings. The molecule has 0 radical (unpaired) electrons. The zero-order valence-corrected chi connectivity index (χ0v) is 11.1. The second kappa shape index (κ2) is 5.32. The van der Waals surface area contributed by atoms with E-state index in [9.17, 15) is 9.59 Å². The third-order valence-electron chi connectivity index (χ3n) is 3.40. The number of nitrogens with one attached hydrogen (secondary N) is 1. The molecule has 2 atom stereocenters. The van der Waals surface area contributed by atoms with Crippen LogP contribution in [0.4, 0.5) is 5.69 Å². The van der Waals surface area contributed by atoms with Crippen LogP contribution in [-0.4, -0.2) is 27.0 Å². The van der Waals surface area contributed by atoms with Gasteiger partial charge in [0, 0.05) is 5.56 Å². The average Bonchev–Trinajstić information content (AvgIpc) is 3.30. The lowest BCUT2D eigenvalue weighted by Crippen LogP contribution is -2.17. The minimum atomic E-state index is -0.925. The van der Waals surface area contributed by atoms with Gasteiger partial charge in [-0.05, 0) is 6.42 Å². The van der Waals surface area contributed by atoms with Crippen molar-refractivity contribution in [2.24, 2.45) is 11.8 Å². The van der Waals surface area contributed by atoms with Crippen LogP contribution in [0.2, 0.25) is 0 Å². The molecule has 0 bridgehead atoms. The van der Waals surface area contributed by atoms with Gasteiger partial charge in [0.2, 0.25) is 5.91 Å². The van der Waals surface area contributed by atoms with Gasteiger partial charge in [0.05, 0.1) is 29.9 Å². The molecule has 21 heavy (non-hydrogen) atoms. The summed E-state index contributed by atoms with van der Waals surface area (Å²) in [6.07, 6.45) is 3.43. The molecule has 3 rings (SSSR count). The van der Waals surface area contributed by atoms with Crippen LogP contribution >= 0.6 is 0 Å². The number of aromatic nitrogens is 2. The summed E-state index contributed by atoms with van der Waals surface area (Å²) < 4.78 is 0. The summed E-state index contributed by atoms with van der Waals surface area (Å²) in [5.41, 5.74) is 1.36. The quantitative estimate of drug-likeness (QED) is 0.892. The standard InChI is InChI=1S/C15H13N3O3/c19-14(11-6-12(11)15(20)21)18-10-7-16-13(17-8-10)9-4-2-1-3-5-9/h1-5,7-8,11-12H,6H2,(H,18,19)(H,20,21). The number of carboxylic acids is 1. The Bertz CT molecular complexity index is 670. The number of hydrogen-bond acceptors (Lipinski definition) is 4. The number of carboxylic acid groups (broad SMARTS) is 1. The van der Waals surface area contributed by atoms with Crippen molar-refractivity contribution in [3.05, 3.63) is 42.7 Å². The summed E-state index contributed by atoms with van der Waals surface area (Å²) in [6, 6.07) is 9.50. The third kappa shape index (κ3) is 2.89.